The van der Waals surface area contributed by atoms with Crippen molar-refractivity contribution < 1.29 is 19.4 Å². The van der Waals surface area contributed by atoms with Crippen LogP contribution in [0.1, 0.15) is 12.8 Å². The fraction of sp³-hybridized carbons (Fsp3) is 0.125. The Morgan fingerprint density at radius 2 is 2.00 bits per heavy atom. The van der Waals surface area contributed by atoms with E-state index in [1.54, 1.807) is 6.07 Å². The normalized spacial score (nSPS) is 12.4. The molecule has 0 aliphatic carbocycles. The van der Waals surface area contributed by atoms with Gasteiger partial charge < -0.3 is 10.2 Å². The molecule has 0 saturated carbocycles. The summed E-state index contributed by atoms with van der Waals surface area (Å²) in [6.07, 6.45) is 0.676. The molecule has 24 heavy (non-hydrogen) atoms. The SMILES string of the molecule is O=C(O)CCC(O)=c1c(=O)cc(-c2cccc(F)c2)n2ncnc12. The first-order chi connectivity index (χ1) is 11.5. The van der Waals surface area contributed by atoms with Gasteiger partial charge in [-0.1, -0.05) is 12.1 Å². The number of aliphatic hydroxyl groups excluding tert-OH is 1. The lowest BCUT2D eigenvalue weighted by atomic mass is 10.1. The van der Waals surface area contributed by atoms with Crippen LogP contribution in [0.3, 0.4) is 0 Å². The smallest absolute Gasteiger partial charge is 0.303 e. The van der Waals surface area contributed by atoms with E-state index >= 15 is 0 Å². The molecular weight excluding hydrogens is 317 g/mol. The zero-order valence-corrected chi connectivity index (χ0v) is 12.3. The van der Waals surface area contributed by atoms with Gasteiger partial charge in [0.1, 0.15) is 23.1 Å². The Morgan fingerprint density at radius 1 is 1.21 bits per heavy atom. The number of aliphatic carboxylic acids is 1. The van der Waals surface area contributed by atoms with Crippen LogP contribution < -0.4 is 10.6 Å². The molecule has 122 valence electrons. The monoisotopic (exact) mass is 329 g/mol. The van der Waals surface area contributed by atoms with Gasteiger partial charge in [0.15, 0.2) is 11.1 Å². The number of benzene rings is 1. The van der Waals surface area contributed by atoms with E-state index in [1.165, 1.54) is 35.1 Å². The van der Waals surface area contributed by atoms with Crippen molar-refractivity contribution in [1.82, 2.24) is 14.6 Å². The number of aliphatic hydroxyl groups is 1. The van der Waals surface area contributed by atoms with Crippen LogP contribution in [0, 0.1) is 5.82 Å². The van der Waals surface area contributed by atoms with Gasteiger partial charge in [0, 0.05) is 18.1 Å². The van der Waals surface area contributed by atoms with Crippen LogP contribution in [-0.4, -0.2) is 30.8 Å². The average Bonchev–Trinajstić information content (AvgIpc) is 3.01. The third kappa shape index (κ3) is 2.81. The first kappa shape index (κ1) is 15.6. The molecule has 0 amide bonds. The first-order valence-corrected chi connectivity index (χ1v) is 7.04. The summed E-state index contributed by atoms with van der Waals surface area (Å²) >= 11 is 0. The van der Waals surface area contributed by atoms with Crippen molar-refractivity contribution in [3.63, 3.8) is 0 Å². The van der Waals surface area contributed by atoms with Crippen molar-refractivity contribution in [2.45, 2.75) is 12.8 Å². The molecule has 2 aromatic heterocycles. The highest BCUT2D eigenvalue weighted by atomic mass is 19.1. The quantitative estimate of drug-likeness (QED) is 0.744. The highest BCUT2D eigenvalue weighted by Gasteiger charge is 2.14. The van der Waals surface area contributed by atoms with Gasteiger partial charge in [-0.25, -0.2) is 13.9 Å². The summed E-state index contributed by atoms with van der Waals surface area (Å²) in [6, 6.07) is 6.86. The Morgan fingerprint density at radius 3 is 2.71 bits per heavy atom. The van der Waals surface area contributed by atoms with Crippen LogP contribution >= 0.6 is 0 Å². The first-order valence-electron chi connectivity index (χ1n) is 7.04. The predicted octanol–water partition coefficient (Wildman–Crippen LogP) is 1.15. The molecule has 0 unspecified atom stereocenters. The van der Waals surface area contributed by atoms with Gasteiger partial charge >= 0.3 is 5.97 Å². The van der Waals surface area contributed by atoms with Crippen molar-refractivity contribution in [3.8, 4) is 11.3 Å². The maximum absolute atomic E-state index is 13.4. The second kappa shape index (κ2) is 6.07. The van der Waals surface area contributed by atoms with Crippen LogP contribution in [0.4, 0.5) is 4.39 Å². The Kier molecular flexibility index (Phi) is 3.95. The number of hydrogen-bond acceptors (Lipinski definition) is 5. The number of pyridine rings is 1. The molecule has 0 fully saturated rings. The lowest BCUT2D eigenvalue weighted by Crippen LogP contribution is -2.30. The number of halogens is 1. The zero-order chi connectivity index (χ0) is 17.3. The lowest BCUT2D eigenvalue weighted by Gasteiger charge is -2.05. The van der Waals surface area contributed by atoms with Gasteiger partial charge in [0.25, 0.3) is 0 Å². The maximum Gasteiger partial charge on any atom is 0.303 e. The maximum atomic E-state index is 13.4. The highest BCUT2D eigenvalue weighted by Crippen LogP contribution is 2.18. The van der Waals surface area contributed by atoms with Crippen molar-refractivity contribution in [2.75, 3.05) is 0 Å². The summed E-state index contributed by atoms with van der Waals surface area (Å²) in [4.78, 5) is 27.0. The molecule has 3 rings (SSSR count). The molecule has 2 heterocycles. The fourth-order valence-electron chi connectivity index (χ4n) is 2.43. The molecule has 0 aliphatic rings. The number of hydrogen-bond donors (Lipinski definition) is 2. The molecule has 0 spiro atoms. The van der Waals surface area contributed by atoms with Crippen molar-refractivity contribution in [2.24, 2.45) is 0 Å². The molecule has 8 heteroatoms. The molecule has 2 N–H and O–H groups in total. The number of carbonyl (C=O) groups is 1. The minimum atomic E-state index is -1.09. The standard InChI is InChI=1S/C16H12FN3O4/c17-10-3-1-2-9(6-10)11-7-13(22)15(12(21)4-5-14(23)24)16-18-8-19-20(11)16/h1-3,6-8,21H,4-5H2,(H,23,24). The van der Waals surface area contributed by atoms with Crippen LogP contribution in [0.5, 0.6) is 0 Å². The number of rotatable bonds is 4. The van der Waals surface area contributed by atoms with Gasteiger partial charge in [-0.15, -0.1) is 0 Å². The topological polar surface area (TPSA) is 105 Å². The molecule has 0 saturated heterocycles. The molecular formula is C16H12FN3O4. The summed E-state index contributed by atoms with van der Waals surface area (Å²) in [5, 5.41) is 22.7. The summed E-state index contributed by atoms with van der Waals surface area (Å²) in [5.41, 5.74) is 0.295. The van der Waals surface area contributed by atoms with Crippen LogP contribution in [0.25, 0.3) is 22.7 Å². The van der Waals surface area contributed by atoms with Gasteiger partial charge in [0.05, 0.1) is 12.1 Å². The lowest BCUT2D eigenvalue weighted by molar-refractivity contribution is -0.136. The summed E-state index contributed by atoms with van der Waals surface area (Å²) in [7, 11) is 0. The van der Waals surface area contributed by atoms with E-state index in [-0.39, 0.29) is 29.5 Å². The predicted molar refractivity (Wildman–Crippen MR) is 82.8 cm³/mol. The fourth-order valence-corrected chi connectivity index (χ4v) is 2.43. The summed E-state index contributed by atoms with van der Waals surface area (Å²) in [5.74, 6) is -1.93. The van der Waals surface area contributed by atoms with Crippen LogP contribution in [0.2, 0.25) is 0 Å². The Hall–Kier alpha value is -3.29. The molecule has 0 bridgehead atoms. The second-order valence-corrected chi connectivity index (χ2v) is 5.12. The Balaban J connectivity index is 2.26. The van der Waals surface area contributed by atoms with E-state index in [4.69, 9.17) is 5.11 Å². The van der Waals surface area contributed by atoms with Gasteiger partial charge in [0.2, 0.25) is 0 Å². The van der Waals surface area contributed by atoms with Gasteiger partial charge in [-0.05, 0) is 12.1 Å². The molecule has 1 aromatic carbocycles. The third-order valence-corrected chi connectivity index (χ3v) is 3.50. The minimum absolute atomic E-state index is 0.0876. The Labute approximate surface area is 134 Å². The molecule has 3 aromatic rings. The zero-order valence-electron chi connectivity index (χ0n) is 12.3. The van der Waals surface area contributed by atoms with Crippen LogP contribution in [0.15, 0.2) is 41.5 Å². The van der Waals surface area contributed by atoms with E-state index in [0.29, 0.717) is 11.3 Å². The molecule has 7 nitrogen and oxygen atoms in total. The van der Waals surface area contributed by atoms with E-state index in [0.717, 1.165) is 0 Å². The Bertz CT molecular complexity index is 1050. The largest absolute Gasteiger partial charge is 0.511 e. The summed E-state index contributed by atoms with van der Waals surface area (Å²) < 4.78 is 14.7. The van der Waals surface area contributed by atoms with Crippen molar-refractivity contribution >= 4 is 17.4 Å². The molecule has 0 atom stereocenters. The third-order valence-electron chi connectivity index (χ3n) is 3.50. The van der Waals surface area contributed by atoms with Gasteiger partial charge in [-0.3, -0.25) is 9.59 Å². The van der Waals surface area contributed by atoms with E-state index in [2.05, 4.69) is 10.1 Å². The van der Waals surface area contributed by atoms with Crippen LogP contribution in [-0.2, 0) is 4.79 Å². The van der Waals surface area contributed by atoms with E-state index in [9.17, 15) is 19.1 Å². The molecule has 0 radical (unpaired) electrons. The number of carboxylic acid groups (broad SMARTS) is 1. The summed E-state index contributed by atoms with van der Waals surface area (Å²) in [6.45, 7) is 0. The average molecular weight is 329 g/mol. The van der Waals surface area contributed by atoms with E-state index < -0.39 is 17.2 Å². The minimum Gasteiger partial charge on any atom is -0.511 e. The van der Waals surface area contributed by atoms with E-state index in [1.807, 2.05) is 0 Å². The number of carboxylic acids is 1. The van der Waals surface area contributed by atoms with Crippen molar-refractivity contribution in [3.05, 3.63) is 57.9 Å². The molecule has 0 aliphatic heterocycles. The highest BCUT2D eigenvalue weighted by molar-refractivity contribution is 5.69. The number of fused-ring (bicyclic) bond motifs is 1. The number of aromatic nitrogens is 3. The van der Waals surface area contributed by atoms with Crippen molar-refractivity contribution in [1.29, 1.82) is 0 Å². The second-order valence-electron chi connectivity index (χ2n) is 5.12. The van der Waals surface area contributed by atoms with Gasteiger partial charge in [-0.2, -0.15) is 5.10 Å². The number of nitrogens with zero attached hydrogens (tertiary/aromatic N) is 3.